The number of nitrogens with zero attached hydrogens (tertiary/aromatic N) is 1. The summed E-state index contributed by atoms with van der Waals surface area (Å²) in [5, 5.41) is 0. The lowest BCUT2D eigenvalue weighted by Gasteiger charge is -2.27. The highest BCUT2D eigenvalue weighted by atomic mass is 32.2. The van der Waals surface area contributed by atoms with Gasteiger partial charge in [-0.1, -0.05) is 27.7 Å². The summed E-state index contributed by atoms with van der Waals surface area (Å²) in [6.07, 6.45) is 0. The molecule has 3 nitrogen and oxygen atoms in total. The van der Waals surface area contributed by atoms with Gasteiger partial charge in [-0.25, -0.2) is 0 Å². The minimum Gasteiger partial charge on any atom is -0.341 e. The largest absolute Gasteiger partial charge is 0.341 e. The zero-order valence-corrected chi connectivity index (χ0v) is 10.4. The van der Waals surface area contributed by atoms with E-state index in [1.54, 1.807) is 0 Å². The van der Waals surface area contributed by atoms with E-state index in [-0.39, 0.29) is 11.8 Å². The van der Waals surface area contributed by atoms with Crippen LogP contribution >= 0.6 is 0 Å². The van der Waals surface area contributed by atoms with Gasteiger partial charge in [0.2, 0.25) is 5.91 Å². The molecule has 0 radical (unpaired) electrons. The summed E-state index contributed by atoms with van der Waals surface area (Å²) < 4.78 is 11.0. The first-order chi connectivity index (χ1) is 6.61. The fourth-order valence-electron chi connectivity index (χ4n) is 1.22. The lowest BCUT2D eigenvalue weighted by molar-refractivity contribution is -0.134. The van der Waals surface area contributed by atoms with Crippen molar-refractivity contribution in [2.45, 2.75) is 27.7 Å². The fourth-order valence-corrected chi connectivity index (χ4v) is 2.28. The average molecular weight is 219 g/mol. The van der Waals surface area contributed by atoms with Crippen molar-refractivity contribution in [3.63, 3.8) is 0 Å². The number of hydrogen-bond donors (Lipinski definition) is 0. The molecule has 0 atom stereocenters. The van der Waals surface area contributed by atoms with Gasteiger partial charge in [-0.05, 0) is 0 Å². The molecule has 1 rings (SSSR count). The Labute approximate surface area is 89.3 Å². The second-order valence-corrected chi connectivity index (χ2v) is 5.02. The maximum atomic E-state index is 11.4. The second-order valence-electron chi connectivity index (χ2n) is 3.33. The van der Waals surface area contributed by atoms with E-state index in [1.807, 2.05) is 32.6 Å². The normalized spacial score (nSPS) is 17.6. The topological polar surface area (TPSA) is 37.4 Å². The van der Waals surface area contributed by atoms with Crippen LogP contribution in [0.4, 0.5) is 0 Å². The Bertz CT molecular complexity index is 194. The zero-order chi connectivity index (χ0) is 11.1. The first-order valence-electron chi connectivity index (χ1n) is 5.25. The minimum atomic E-state index is -0.685. The molecule has 1 aliphatic rings. The summed E-state index contributed by atoms with van der Waals surface area (Å²) in [6, 6.07) is 0. The number of carbonyl (C=O) groups excluding carboxylic acids is 1. The standard InChI is InChI=1S/C8H15NO2S.C2H6/c1-7(2)8(10)9-3-5-12(11)6-4-9;1-2/h7H,3-6H2,1-2H3;1-2H3. The van der Waals surface area contributed by atoms with E-state index in [0.717, 1.165) is 0 Å². The highest BCUT2D eigenvalue weighted by Crippen LogP contribution is 2.05. The van der Waals surface area contributed by atoms with Crippen LogP contribution in [0.25, 0.3) is 0 Å². The van der Waals surface area contributed by atoms with Gasteiger partial charge in [-0.3, -0.25) is 9.00 Å². The predicted octanol–water partition coefficient (Wildman–Crippen LogP) is 1.26. The fraction of sp³-hybridized carbons (Fsp3) is 0.900. The zero-order valence-electron chi connectivity index (χ0n) is 9.58. The lowest BCUT2D eigenvalue weighted by atomic mass is 10.2. The molecular formula is C10H21NO2S. The van der Waals surface area contributed by atoms with Gasteiger partial charge in [0.25, 0.3) is 0 Å². The van der Waals surface area contributed by atoms with Crippen molar-refractivity contribution in [3.05, 3.63) is 0 Å². The monoisotopic (exact) mass is 219 g/mol. The lowest BCUT2D eigenvalue weighted by Crippen LogP contribution is -2.43. The Kier molecular flexibility index (Phi) is 6.79. The summed E-state index contributed by atoms with van der Waals surface area (Å²) in [7, 11) is -0.685. The van der Waals surface area contributed by atoms with Crippen LogP contribution in [0.2, 0.25) is 0 Å². The van der Waals surface area contributed by atoms with Gasteiger partial charge >= 0.3 is 0 Å². The number of amides is 1. The van der Waals surface area contributed by atoms with Crippen molar-refractivity contribution in [1.29, 1.82) is 0 Å². The SMILES string of the molecule is CC.CC(C)C(=O)N1CCS(=O)CC1. The summed E-state index contributed by atoms with van der Waals surface area (Å²) in [5.41, 5.74) is 0. The van der Waals surface area contributed by atoms with Crippen LogP contribution in [0.15, 0.2) is 0 Å². The summed E-state index contributed by atoms with van der Waals surface area (Å²) in [6.45, 7) is 9.13. The molecule has 0 bridgehead atoms. The molecule has 1 aliphatic heterocycles. The van der Waals surface area contributed by atoms with Gasteiger partial charge < -0.3 is 4.90 Å². The van der Waals surface area contributed by atoms with Gasteiger partial charge in [-0.2, -0.15) is 0 Å². The molecule has 4 heteroatoms. The molecule has 0 aliphatic carbocycles. The maximum Gasteiger partial charge on any atom is 0.225 e. The summed E-state index contributed by atoms with van der Waals surface area (Å²) in [5.74, 6) is 1.56. The average Bonchev–Trinajstić information content (AvgIpc) is 2.21. The molecule has 0 aromatic heterocycles. The van der Waals surface area contributed by atoms with E-state index in [1.165, 1.54) is 0 Å². The summed E-state index contributed by atoms with van der Waals surface area (Å²) in [4.78, 5) is 13.2. The van der Waals surface area contributed by atoms with Crippen LogP contribution in [0.3, 0.4) is 0 Å². The molecule has 84 valence electrons. The predicted molar refractivity (Wildman–Crippen MR) is 60.6 cm³/mol. The molecule has 1 fully saturated rings. The molecule has 1 amide bonds. The molecule has 0 N–H and O–H groups in total. The van der Waals surface area contributed by atoms with Gasteiger partial charge in [0.1, 0.15) is 0 Å². The van der Waals surface area contributed by atoms with Crippen molar-refractivity contribution in [2.24, 2.45) is 5.92 Å². The third-order valence-electron chi connectivity index (χ3n) is 1.98. The number of hydrogen-bond acceptors (Lipinski definition) is 2. The highest BCUT2D eigenvalue weighted by molar-refractivity contribution is 7.85. The minimum absolute atomic E-state index is 0.0662. The maximum absolute atomic E-state index is 11.4. The molecule has 1 heterocycles. The van der Waals surface area contributed by atoms with E-state index in [2.05, 4.69) is 0 Å². The van der Waals surface area contributed by atoms with Crippen LogP contribution < -0.4 is 0 Å². The van der Waals surface area contributed by atoms with Crippen LogP contribution in [0, 0.1) is 5.92 Å². The third-order valence-corrected chi connectivity index (χ3v) is 3.26. The Hall–Kier alpha value is -0.380. The molecule has 0 spiro atoms. The highest BCUT2D eigenvalue weighted by Gasteiger charge is 2.21. The van der Waals surface area contributed by atoms with E-state index in [9.17, 15) is 9.00 Å². The van der Waals surface area contributed by atoms with Crippen LogP contribution in [-0.4, -0.2) is 39.6 Å². The van der Waals surface area contributed by atoms with Gasteiger partial charge in [0, 0.05) is 41.3 Å². The van der Waals surface area contributed by atoms with E-state index in [0.29, 0.717) is 24.6 Å². The molecule has 0 unspecified atom stereocenters. The molecule has 0 aromatic carbocycles. The first kappa shape index (κ1) is 13.6. The number of carbonyl (C=O) groups is 1. The Balaban J connectivity index is 0.000000791. The van der Waals surface area contributed by atoms with Crippen molar-refractivity contribution < 1.29 is 9.00 Å². The van der Waals surface area contributed by atoms with Crippen molar-refractivity contribution in [3.8, 4) is 0 Å². The van der Waals surface area contributed by atoms with Crippen molar-refractivity contribution >= 4 is 16.7 Å². The van der Waals surface area contributed by atoms with Crippen LogP contribution in [0.1, 0.15) is 27.7 Å². The van der Waals surface area contributed by atoms with Gasteiger partial charge in [-0.15, -0.1) is 0 Å². The van der Waals surface area contributed by atoms with Crippen LogP contribution in [0.5, 0.6) is 0 Å². The van der Waals surface area contributed by atoms with Crippen LogP contribution in [-0.2, 0) is 15.6 Å². The molecule has 1 saturated heterocycles. The number of rotatable bonds is 1. The van der Waals surface area contributed by atoms with Gasteiger partial charge in [0.15, 0.2) is 0 Å². The summed E-state index contributed by atoms with van der Waals surface area (Å²) >= 11 is 0. The second kappa shape index (κ2) is 6.98. The van der Waals surface area contributed by atoms with Crippen molar-refractivity contribution in [2.75, 3.05) is 24.6 Å². The molecule has 0 saturated carbocycles. The smallest absolute Gasteiger partial charge is 0.225 e. The molecular weight excluding hydrogens is 198 g/mol. The molecule has 14 heavy (non-hydrogen) atoms. The van der Waals surface area contributed by atoms with Gasteiger partial charge in [0.05, 0.1) is 0 Å². The first-order valence-corrected chi connectivity index (χ1v) is 6.74. The Morgan fingerprint density at radius 2 is 1.64 bits per heavy atom. The quantitative estimate of drug-likeness (QED) is 0.666. The van der Waals surface area contributed by atoms with E-state index < -0.39 is 10.8 Å². The Morgan fingerprint density at radius 1 is 1.21 bits per heavy atom. The molecule has 0 aromatic rings. The van der Waals surface area contributed by atoms with Crippen molar-refractivity contribution in [1.82, 2.24) is 4.90 Å². The van der Waals surface area contributed by atoms with E-state index in [4.69, 9.17) is 0 Å². The Morgan fingerprint density at radius 3 is 2.00 bits per heavy atom. The third kappa shape index (κ3) is 4.22. The van der Waals surface area contributed by atoms with E-state index >= 15 is 0 Å².